The molecule has 0 N–H and O–H groups in total. The van der Waals surface area contributed by atoms with Crippen LogP contribution in [0.25, 0.3) is 6.08 Å². The second-order valence-corrected chi connectivity index (χ2v) is 7.83. The zero-order valence-electron chi connectivity index (χ0n) is 14.2. The Bertz CT molecular complexity index is 923. The molecule has 0 atom stereocenters. The largest absolute Gasteiger partial charge is 0.486 e. The Labute approximate surface area is 176 Å². The fourth-order valence-corrected chi connectivity index (χ4v) is 4.20. The molecule has 1 fully saturated rings. The van der Waals surface area contributed by atoms with Crippen LogP contribution in [0.2, 0.25) is 15.1 Å². The van der Waals surface area contributed by atoms with Crippen LogP contribution in [0.3, 0.4) is 0 Å². The van der Waals surface area contributed by atoms with Crippen LogP contribution in [-0.4, -0.2) is 22.6 Å². The summed E-state index contributed by atoms with van der Waals surface area (Å²) in [5.41, 5.74) is 1.42. The van der Waals surface area contributed by atoms with Crippen molar-refractivity contribution in [3.63, 3.8) is 0 Å². The lowest BCUT2D eigenvalue weighted by Crippen LogP contribution is -2.27. The maximum Gasteiger partial charge on any atom is 0.293 e. The van der Waals surface area contributed by atoms with Crippen LogP contribution in [0.5, 0.6) is 5.75 Å². The smallest absolute Gasteiger partial charge is 0.293 e. The molecule has 0 radical (unpaired) electrons. The molecule has 4 nitrogen and oxygen atoms in total. The first-order chi connectivity index (χ1) is 12.9. The van der Waals surface area contributed by atoms with Crippen molar-refractivity contribution in [1.82, 2.24) is 4.90 Å². The Hall–Kier alpha value is -1.66. The summed E-state index contributed by atoms with van der Waals surface area (Å²) in [6.45, 7) is 2.30. The number of ether oxygens (including phenoxy) is 1. The number of hydrogen-bond donors (Lipinski definition) is 0. The van der Waals surface area contributed by atoms with Crippen molar-refractivity contribution in [3.8, 4) is 5.75 Å². The third-order valence-electron chi connectivity index (χ3n) is 3.84. The molecule has 0 aromatic heterocycles. The fourth-order valence-electron chi connectivity index (χ4n) is 2.49. The number of benzene rings is 2. The molecule has 8 heteroatoms. The fraction of sp³-hybridized carbons (Fsp3) is 0.158. The summed E-state index contributed by atoms with van der Waals surface area (Å²) in [5, 5.41) is 0.907. The van der Waals surface area contributed by atoms with Gasteiger partial charge in [0.05, 0.1) is 15.0 Å². The van der Waals surface area contributed by atoms with E-state index in [9.17, 15) is 9.59 Å². The highest BCUT2D eigenvalue weighted by Gasteiger charge is 2.33. The molecule has 0 saturated carbocycles. The molecule has 0 unspecified atom stereocenters. The molecule has 27 heavy (non-hydrogen) atoms. The van der Waals surface area contributed by atoms with E-state index in [0.29, 0.717) is 37.8 Å². The maximum absolute atomic E-state index is 12.2. The van der Waals surface area contributed by atoms with E-state index >= 15 is 0 Å². The molecule has 2 aromatic carbocycles. The lowest BCUT2D eigenvalue weighted by Gasteiger charge is -2.12. The van der Waals surface area contributed by atoms with E-state index < -0.39 is 0 Å². The van der Waals surface area contributed by atoms with Gasteiger partial charge in [0.25, 0.3) is 11.1 Å². The van der Waals surface area contributed by atoms with Crippen LogP contribution < -0.4 is 4.74 Å². The number of amides is 2. The van der Waals surface area contributed by atoms with Crippen LogP contribution >= 0.6 is 46.6 Å². The van der Waals surface area contributed by atoms with Crippen molar-refractivity contribution < 1.29 is 14.3 Å². The average molecular weight is 443 g/mol. The van der Waals surface area contributed by atoms with Crippen molar-refractivity contribution in [3.05, 3.63) is 67.5 Å². The number of hydrogen-bond acceptors (Lipinski definition) is 4. The van der Waals surface area contributed by atoms with Gasteiger partial charge < -0.3 is 4.74 Å². The minimum atomic E-state index is -0.321. The van der Waals surface area contributed by atoms with Gasteiger partial charge in [0.2, 0.25) is 0 Å². The standard InChI is InChI=1S/C19H14Cl3NO3S/c1-2-23-18(24)16(27-19(23)25)9-11-7-14(21)17(15(22)8-11)26-10-12-5-3-4-6-13(12)20/h3-9H,2,10H2,1H3/b16-9+. The highest BCUT2D eigenvalue weighted by molar-refractivity contribution is 8.18. The van der Waals surface area contributed by atoms with Crippen LogP contribution in [0.1, 0.15) is 18.1 Å². The monoisotopic (exact) mass is 441 g/mol. The topological polar surface area (TPSA) is 46.6 Å². The number of carbonyl (C=O) groups is 2. The first-order valence-corrected chi connectivity index (χ1v) is 9.96. The number of thioether (sulfide) groups is 1. The number of rotatable bonds is 5. The summed E-state index contributed by atoms with van der Waals surface area (Å²) >= 11 is 19.6. The van der Waals surface area contributed by atoms with Gasteiger partial charge in [-0.05, 0) is 48.5 Å². The van der Waals surface area contributed by atoms with E-state index in [0.717, 1.165) is 17.3 Å². The third kappa shape index (κ3) is 4.43. The number of carbonyl (C=O) groups excluding carboxylic acids is 2. The summed E-state index contributed by atoms with van der Waals surface area (Å²) in [5.74, 6) is 0.0101. The Morgan fingerprint density at radius 1 is 1.07 bits per heavy atom. The number of halogens is 3. The molecule has 1 aliphatic heterocycles. The van der Waals surface area contributed by atoms with Gasteiger partial charge in [0.1, 0.15) is 6.61 Å². The average Bonchev–Trinajstić information content (AvgIpc) is 2.88. The lowest BCUT2D eigenvalue weighted by molar-refractivity contribution is -0.122. The highest BCUT2D eigenvalue weighted by atomic mass is 35.5. The third-order valence-corrected chi connectivity index (χ3v) is 5.68. The molecule has 3 rings (SSSR count). The van der Waals surface area contributed by atoms with Crippen LogP contribution in [-0.2, 0) is 11.4 Å². The summed E-state index contributed by atoms with van der Waals surface area (Å²) < 4.78 is 5.73. The van der Waals surface area contributed by atoms with E-state index in [1.54, 1.807) is 31.2 Å². The molecule has 1 aliphatic rings. The Kier molecular flexibility index (Phi) is 6.37. The van der Waals surface area contributed by atoms with E-state index in [-0.39, 0.29) is 17.8 Å². The summed E-state index contributed by atoms with van der Waals surface area (Å²) in [7, 11) is 0. The predicted octanol–water partition coefficient (Wildman–Crippen LogP) is 6.28. The zero-order chi connectivity index (χ0) is 19.6. The van der Waals surface area contributed by atoms with Crippen LogP contribution in [0.4, 0.5) is 4.79 Å². The van der Waals surface area contributed by atoms with Gasteiger partial charge >= 0.3 is 0 Å². The van der Waals surface area contributed by atoms with Crippen molar-refractivity contribution in [2.45, 2.75) is 13.5 Å². The van der Waals surface area contributed by atoms with Crippen molar-refractivity contribution in [2.75, 3.05) is 6.54 Å². The van der Waals surface area contributed by atoms with Crippen molar-refractivity contribution >= 4 is 63.8 Å². The summed E-state index contributed by atoms with van der Waals surface area (Å²) in [4.78, 5) is 25.5. The van der Waals surface area contributed by atoms with E-state index in [2.05, 4.69) is 0 Å². The summed E-state index contributed by atoms with van der Waals surface area (Å²) in [6, 6.07) is 10.6. The van der Waals surface area contributed by atoms with Gasteiger partial charge in [0.15, 0.2) is 5.75 Å². The Morgan fingerprint density at radius 3 is 2.33 bits per heavy atom. The molecule has 140 valence electrons. The summed E-state index contributed by atoms with van der Waals surface area (Å²) in [6.07, 6.45) is 1.59. The molecule has 2 amide bonds. The molecular formula is C19H14Cl3NO3S. The Morgan fingerprint density at radius 2 is 1.74 bits per heavy atom. The zero-order valence-corrected chi connectivity index (χ0v) is 17.3. The lowest BCUT2D eigenvalue weighted by atomic mass is 10.2. The molecule has 0 spiro atoms. The molecule has 2 aromatic rings. The quantitative estimate of drug-likeness (QED) is 0.511. The van der Waals surface area contributed by atoms with Gasteiger partial charge in [0, 0.05) is 17.1 Å². The minimum Gasteiger partial charge on any atom is -0.486 e. The molecule has 0 aliphatic carbocycles. The normalized spacial score (nSPS) is 15.7. The van der Waals surface area contributed by atoms with Crippen LogP contribution in [0, 0.1) is 0 Å². The highest BCUT2D eigenvalue weighted by Crippen LogP contribution is 2.38. The minimum absolute atomic E-state index is 0.216. The molecule has 0 bridgehead atoms. The molecule has 1 heterocycles. The van der Waals surface area contributed by atoms with Gasteiger partial charge in [-0.25, -0.2) is 0 Å². The Balaban J connectivity index is 1.81. The second kappa shape index (κ2) is 8.57. The number of imide groups is 1. The van der Waals surface area contributed by atoms with E-state index in [1.807, 2.05) is 18.2 Å². The van der Waals surface area contributed by atoms with Crippen molar-refractivity contribution in [2.24, 2.45) is 0 Å². The first kappa shape index (κ1) is 20.1. The first-order valence-electron chi connectivity index (χ1n) is 8.01. The van der Waals surface area contributed by atoms with Gasteiger partial charge in [-0.1, -0.05) is 53.0 Å². The molecular weight excluding hydrogens is 429 g/mol. The van der Waals surface area contributed by atoms with Crippen molar-refractivity contribution in [1.29, 1.82) is 0 Å². The van der Waals surface area contributed by atoms with Gasteiger partial charge in [-0.2, -0.15) is 0 Å². The van der Waals surface area contributed by atoms with Crippen LogP contribution in [0.15, 0.2) is 41.3 Å². The molecule has 1 saturated heterocycles. The van der Waals surface area contributed by atoms with E-state index in [4.69, 9.17) is 39.5 Å². The van der Waals surface area contributed by atoms with Gasteiger partial charge in [-0.15, -0.1) is 0 Å². The predicted molar refractivity (Wildman–Crippen MR) is 111 cm³/mol. The number of likely N-dealkylation sites (N-methyl/N-ethyl adjacent to an activating group) is 1. The number of nitrogens with zero attached hydrogens (tertiary/aromatic N) is 1. The second-order valence-electron chi connectivity index (χ2n) is 5.62. The van der Waals surface area contributed by atoms with Gasteiger partial charge in [-0.3, -0.25) is 14.5 Å². The SMILES string of the molecule is CCN1C(=O)S/C(=C/c2cc(Cl)c(OCc3ccccc3Cl)c(Cl)c2)C1=O. The maximum atomic E-state index is 12.2. The van der Waals surface area contributed by atoms with E-state index in [1.165, 1.54) is 4.90 Å².